The lowest BCUT2D eigenvalue weighted by atomic mass is 9.33. The van der Waals surface area contributed by atoms with Crippen LogP contribution >= 0.6 is 0 Å². The van der Waals surface area contributed by atoms with Gasteiger partial charge in [-0.1, -0.05) is 78.7 Å². The zero-order chi connectivity index (χ0) is 51.3. The average Bonchev–Trinajstić information content (AvgIpc) is 3.71. The first-order valence-electron chi connectivity index (χ1n) is 27.5. The minimum absolute atomic E-state index is 0.0151. The Balaban J connectivity index is 0.989. The molecule has 7 aliphatic rings. The summed E-state index contributed by atoms with van der Waals surface area (Å²) in [4.78, 5) is 30.8. The van der Waals surface area contributed by atoms with Gasteiger partial charge in [0.1, 0.15) is 33.5 Å². The van der Waals surface area contributed by atoms with E-state index in [-0.39, 0.29) is 57.3 Å². The van der Waals surface area contributed by atoms with E-state index in [1.54, 1.807) is 18.3 Å². The standard InChI is InChI=1S/C59H87N3O8S/c1-10-11-12-15-49(63)69-39-70-52(64)57(38-68-51-42(37-60)14-13-35-61-51)27-18-41(19-28-57)45-23-25-54(6)47(53(45,4)5)24-26-56(8)48(54)17-16-46-50-44(40(2)3)22-31-59(50,33-32-55(46,56)7)62-36-34-58(65)29-20-43(21-30-58)71(9,66)67/h13-14,18,23,35,43-44,46-48,50,62,65H,2,10-12,15-17,19-22,24-34,36,38-39H2,1,3-9H3/t43-,44-,46+,47-,48+,50+,54-,55+,56+,57+,58+,59-/m0/s1. The summed E-state index contributed by atoms with van der Waals surface area (Å²) in [7, 11) is -3.09. The Bertz CT molecular complexity index is 2400. The smallest absolute Gasteiger partial charge is 0.318 e. The van der Waals surface area contributed by atoms with Crippen LogP contribution in [0.25, 0.3) is 0 Å². The Morgan fingerprint density at radius 2 is 1.68 bits per heavy atom. The van der Waals surface area contributed by atoms with Crippen LogP contribution in [0.2, 0.25) is 0 Å². The molecule has 0 amide bonds. The van der Waals surface area contributed by atoms with Gasteiger partial charge in [-0.2, -0.15) is 5.26 Å². The molecule has 0 aliphatic heterocycles. The third kappa shape index (κ3) is 9.85. The van der Waals surface area contributed by atoms with E-state index in [1.807, 2.05) is 0 Å². The molecule has 11 nitrogen and oxygen atoms in total. The summed E-state index contributed by atoms with van der Waals surface area (Å²) in [6.45, 7) is 22.2. The first-order valence-corrected chi connectivity index (χ1v) is 29.5. The van der Waals surface area contributed by atoms with Crippen LogP contribution in [0.1, 0.15) is 189 Å². The predicted octanol–water partition coefficient (Wildman–Crippen LogP) is 11.7. The summed E-state index contributed by atoms with van der Waals surface area (Å²) in [5, 5.41) is 25.3. The fourth-order valence-corrected chi connectivity index (χ4v) is 18.3. The van der Waals surface area contributed by atoms with Crippen LogP contribution in [0.4, 0.5) is 0 Å². The van der Waals surface area contributed by atoms with E-state index >= 15 is 0 Å². The molecule has 0 saturated heterocycles. The van der Waals surface area contributed by atoms with Crippen molar-refractivity contribution in [3.05, 3.63) is 59.3 Å². The molecule has 392 valence electrons. The van der Waals surface area contributed by atoms with Crippen molar-refractivity contribution in [3.63, 3.8) is 0 Å². The molecule has 0 bridgehead atoms. The predicted molar refractivity (Wildman–Crippen MR) is 277 cm³/mol. The highest BCUT2D eigenvalue weighted by Crippen LogP contribution is 2.76. The zero-order valence-electron chi connectivity index (χ0n) is 44.6. The molecule has 1 aromatic heterocycles. The molecular formula is C59H87N3O8S. The van der Waals surface area contributed by atoms with Gasteiger partial charge in [-0.15, -0.1) is 0 Å². The minimum atomic E-state index is -3.09. The fraction of sp³-hybridized carbons (Fsp3) is 0.763. The number of fused-ring (bicyclic) bond motifs is 7. The molecule has 71 heavy (non-hydrogen) atoms. The lowest BCUT2D eigenvalue weighted by molar-refractivity contribution is -0.221. The van der Waals surface area contributed by atoms with Crippen LogP contribution in [0.3, 0.4) is 0 Å². The number of sulfone groups is 1. The summed E-state index contributed by atoms with van der Waals surface area (Å²) in [5.41, 5.74) is 2.86. The highest BCUT2D eigenvalue weighted by molar-refractivity contribution is 7.91. The van der Waals surface area contributed by atoms with Crippen LogP contribution in [0.5, 0.6) is 5.88 Å². The van der Waals surface area contributed by atoms with Gasteiger partial charge in [-0.3, -0.25) is 9.59 Å². The van der Waals surface area contributed by atoms with E-state index in [0.717, 1.165) is 51.5 Å². The number of nitrogens with zero attached hydrogens (tertiary/aromatic N) is 2. The third-order valence-corrected chi connectivity index (χ3v) is 23.0. The first kappa shape index (κ1) is 53.8. The normalized spacial score (nSPS) is 38.4. The molecule has 5 fully saturated rings. The zero-order valence-corrected chi connectivity index (χ0v) is 45.5. The molecule has 12 heteroatoms. The lowest BCUT2D eigenvalue weighted by Gasteiger charge is -2.72. The molecule has 8 rings (SSSR count). The van der Waals surface area contributed by atoms with E-state index in [4.69, 9.17) is 14.2 Å². The average molecular weight is 998 g/mol. The summed E-state index contributed by atoms with van der Waals surface area (Å²) < 4.78 is 41.8. The molecule has 0 unspecified atom stereocenters. The SMILES string of the molecule is C=C(C)[C@@H]1CC[C@]2(NCC[C@]3(O)CC[C@@H](S(C)(=O)=O)CC3)CC[C@]3(C)[C@H](CC[C@@H]4[C@@]5(C)CC=C(C6=CC[C@@](COc7ncccc7C#N)(C(=O)OCOC(=O)CCCCC)CC6)C(C)(C)[C@@H]5CC[C@]43C)[C@@H]12. The van der Waals surface area contributed by atoms with Gasteiger partial charge < -0.3 is 24.6 Å². The molecule has 7 aliphatic carbocycles. The summed E-state index contributed by atoms with van der Waals surface area (Å²) in [6.07, 6.45) is 25.6. The molecule has 2 N–H and O–H groups in total. The van der Waals surface area contributed by atoms with Gasteiger partial charge in [0.05, 0.1) is 10.9 Å². The van der Waals surface area contributed by atoms with Gasteiger partial charge in [-0.05, 0) is 204 Å². The van der Waals surface area contributed by atoms with Crippen molar-refractivity contribution in [3.8, 4) is 11.9 Å². The van der Waals surface area contributed by atoms with Crippen molar-refractivity contribution in [1.82, 2.24) is 10.3 Å². The second kappa shape index (κ2) is 20.3. The summed E-state index contributed by atoms with van der Waals surface area (Å²) in [6, 6.07) is 5.48. The third-order valence-electron chi connectivity index (χ3n) is 21.3. The number of aromatic nitrogens is 1. The number of hydrogen-bond donors (Lipinski definition) is 2. The Morgan fingerprint density at radius 3 is 2.35 bits per heavy atom. The van der Waals surface area contributed by atoms with Crippen LogP contribution in [0.15, 0.2) is 53.8 Å². The topological polar surface area (TPSA) is 165 Å². The number of pyridine rings is 1. The quantitative estimate of drug-likeness (QED) is 0.0660. The largest absolute Gasteiger partial charge is 0.475 e. The number of carbonyl (C=O) groups is 2. The maximum Gasteiger partial charge on any atom is 0.318 e. The van der Waals surface area contributed by atoms with Gasteiger partial charge >= 0.3 is 11.9 Å². The molecule has 1 aromatic rings. The van der Waals surface area contributed by atoms with E-state index < -0.39 is 33.6 Å². The molecule has 0 aromatic carbocycles. The Hall–Kier alpha value is -3.53. The molecule has 0 radical (unpaired) electrons. The molecule has 1 heterocycles. The number of esters is 2. The van der Waals surface area contributed by atoms with Crippen molar-refractivity contribution in [2.24, 2.45) is 56.7 Å². The Kier molecular flexibility index (Phi) is 15.4. The number of rotatable bonds is 17. The molecular weight excluding hydrogens is 911 g/mol. The monoisotopic (exact) mass is 998 g/mol. The van der Waals surface area contributed by atoms with Crippen molar-refractivity contribution in [1.29, 1.82) is 5.26 Å². The van der Waals surface area contributed by atoms with Crippen molar-refractivity contribution < 1.29 is 37.3 Å². The van der Waals surface area contributed by atoms with E-state index in [2.05, 4.69) is 83.6 Å². The van der Waals surface area contributed by atoms with Gasteiger partial charge in [0, 0.05) is 24.4 Å². The number of aliphatic hydroxyl groups is 1. The number of ether oxygens (including phenoxy) is 3. The number of carbonyl (C=O) groups excluding carboxylic acids is 2. The van der Waals surface area contributed by atoms with Crippen LogP contribution < -0.4 is 10.1 Å². The highest BCUT2D eigenvalue weighted by Gasteiger charge is 2.70. The van der Waals surface area contributed by atoms with Gasteiger partial charge in [-0.25, -0.2) is 13.4 Å². The number of unbranched alkanes of at least 4 members (excludes halogenated alkanes) is 2. The number of hydrogen-bond acceptors (Lipinski definition) is 11. The molecule has 5 saturated carbocycles. The second-order valence-electron chi connectivity index (χ2n) is 25.3. The minimum Gasteiger partial charge on any atom is -0.475 e. The Morgan fingerprint density at radius 1 is 0.915 bits per heavy atom. The van der Waals surface area contributed by atoms with E-state index in [1.165, 1.54) is 55.1 Å². The molecule has 10 atom stereocenters. The second-order valence-corrected chi connectivity index (χ2v) is 27.6. The van der Waals surface area contributed by atoms with Crippen molar-refractivity contribution in [2.45, 2.75) is 200 Å². The van der Waals surface area contributed by atoms with Gasteiger partial charge in [0.15, 0.2) is 0 Å². The summed E-state index contributed by atoms with van der Waals surface area (Å²) in [5.74, 6) is 1.96. The maximum atomic E-state index is 14.1. The maximum absolute atomic E-state index is 14.1. The van der Waals surface area contributed by atoms with Crippen molar-refractivity contribution in [2.75, 3.05) is 26.2 Å². The number of nitrogens with one attached hydrogen (secondary N) is 1. The summed E-state index contributed by atoms with van der Waals surface area (Å²) >= 11 is 0. The van der Waals surface area contributed by atoms with Crippen LogP contribution in [0, 0.1) is 68.0 Å². The molecule has 0 spiro atoms. The van der Waals surface area contributed by atoms with Gasteiger partial charge in [0.2, 0.25) is 12.7 Å². The highest BCUT2D eigenvalue weighted by atomic mass is 32.2. The van der Waals surface area contributed by atoms with Crippen LogP contribution in [-0.2, 0) is 28.9 Å². The van der Waals surface area contributed by atoms with Gasteiger partial charge in [0.25, 0.3) is 0 Å². The Labute approximate surface area is 426 Å². The number of nitriles is 1. The fourth-order valence-electron chi connectivity index (χ4n) is 17.2. The van der Waals surface area contributed by atoms with E-state index in [9.17, 15) is 28.4 Å². The lowest BCUT2D eigenvalue weighted by Crippen LogP contribution is -2.68. The van der Waals surface area contributed by atoms with Crippen molar-refractivity contribution >= 4 is 21.8 Å². The first-order chi connectivity index (χ1) is 33.5. The van der Waals surface area contributed by atoms with E-state index in [0.29, 0.717) is 86.5 Å². The number of allylic oxidation sites excluding steroid dienone is 5. The van der Waals surface area contributed by atoms with Crippen LogP contribution in [-0.4, -0.2) is 73.0 Å².